The van der Waals surface area contributed by atoms with Gasteiger partial charge in [0.25, 0.3) is 0 Å². The molecule has 0 radical (unpaired) electrons. The number of carboxylic acids is 1. The highest BCUT2D eigenvalue weighted by Crippen LogP contribution is 2.31. The molecule has 0 saturated heterocycles. The average Bonchev–Trinajstić information content (AvgIpc) is 2.31. The second-order valence-corrected chi connectivity index (χ2v) is 5.69. The minimum Gasteiger partial charge on any atom is -0.476 e. The molecule has 0 bridgehead atoms. The van der Waals surface area contributed by atoms with Crippen LogP contribution >= 0.6 is 39.1 Å². The Hall–Kier alpha value is -1.37. The summed E-state index contributed by atoms with van der Waals surface area (Å²) in [6.45, 7) is 1.49. The van der Waals surface area contributed by atoms with Gasteiger partial charge in [-0.2, -0.15) is 5.10 Å². The van der Waals surface area contributed by atoms with E-state index in [1.54, 1.807) is 12.1 Å². The van der Waals surface area contributed by atoms with E-state index in [4.69, 9.17) is 28.3 Å². The van der Waals surface area contributed by atoms with E-state index in [0.29, 0.717) is 10.2 Å². The fraction of sp³-hybridized carbons (Fsp3) is 0.0833. The van der Waals surface area contributed by atoms with Gasteiger partial charge in [-0.1, -0.05) is 39.1 Å². The molecule has 0 amide bonds. The van der Waals surface area contributed by atoms with Gasteiger partial charge in [-0.3, -0.25) is 4.79 Å². The van der Waals surface area contributed by atoms with E-state index in [9.17, 15) is 9.59 Å². The quantitative estimate of drug-likeness (QED) is 0.871. The first kappa shape index (κ1) is 15.0. The van der Waals surface area contributed by atoms with E-state index in [-0.39, 0.29) is 15.6 Å². The first-order valence-corrected chi connectivity index (χ1v) is 6.85. The normalized spacial score (nSPS) is 10.6. The number of aryl methyl sites for hydroxylation is 1. The summed E-state index contributed by atoms with van der Waals surface area (Å²) >= 11 is 15.4. The molecule has 0 aliphatic heterocycles. The summed E-state index contributed by atoms with van der Waals surface area (Å²) in [6.07, 6.45) is 1.38. The third kappa shape index (κ3) is 2.72. The van der Waals surface area contributed by atoms with Gasteiger partial charge in [0.1, 0.15) is 5.69 Å². The zero-order valence-electron chi connectivity index (χ0n) is 10.0. The van der Waals surface area contributed by atoms with Gasteiger partial charge in [-0.15, -0.1) is 0 Å². The van der Waals surface area contributed by atoms with Crippen molar-refractivity contribution in [2.75, 3.05) is 0 Å². The van der Waals surface area contributed by atoms with Gasteiger partial charge in [0.15, 0.2) is 0 Å². The summed E-state index contributed by atoms with van der Waals surface area (Å²) in [5, 5.41) is 13.3. The van der Waals surface area contributed by atoms with Crippen molar-refractivity contribution in [1.29, 1.82) is 0 Å². The Morgan fingerprint density at radius 1 is 1.35 bits per heavy atom. The summed E-state index contributed by atoms with van der Waals surface area (Å²) in [7, 11) is 0. The molecule has 0 saturated carbocycles. The molecule has 1 heterocycles. The van der Waals surface area contributed by atoms with Crippen LogP contribution in [0.2, 0.25) is 10.0 Å². The van der Waals surface area contributed by atoms with Crippen LogP contribution in [0.3, 0.4) is 0 Å². The van der Waals surface area contributed by atoms with Crippen LogP contribution in [0.4, 0.5) is 0 Å². The molecule has 0 aliphatic rings. The van der Waals surface area contributed by atoms with E-state index in [1.807, 2.05) is 0 Å². The first-order chi connectivity index (χ1) is 9.31. The van der Waals surface area contributed by atoms with Crippen molar-refractivity contribution in [3.05, 3.63) is 54.3 Å². The molecule has 0 atom stereocenters. The minimum atomic E-state index is -1.41. The lowest BCUT2D eigenvalue weighted by molar-refractivity contribution is 0.0686. The van der Waals surface area contributed by atoms with Gasteiger partial charge in [-0.25, -0.2) is 9.48 Å². The second-order valence-electron chi connectivity index (χ2n) is 3.96. The Labute approximate surface area is 131 Å². The fourth-order valence-electron chi connectivity index (χ4n) is 1.62. The number of benzene rings is 1. The Bertz CT molecular complexity index is 751. The number of hydrogen-bond donors (Lipinski definition) is 1. The Morgan fingerprint density at radius 3 is 2.40 bits per heavy atom. The Kier molecular flexibility index (Phi) is 4.17. The molecule has 1 aromatic heterocycles. The molecule has 0 spiro atoms. The van der Waals surface area contributed by atoms with Crippen molar-refractivity contribution < 1.29 is 9.90 Å². The Balaban J connectivity index is 2.78. The van der Waals surface area contributed by atoms with E-state index in [1.165, 1.54) is 17.8 Å². The van der Waals surface area contributed by atoms with Gasteiger partial charge in [-0.05, 0) is 19.1 Å². The van der Waals surface area contributed by atoms with Crippen LogP contribution in [0.25, 0.3) is 5.69 Å². The summed E-state index contributed by atoms with van der Waals surface area (Å²) in [6, 6.07) is 3.19. The molecule has 104 valence electrons. The monoisotopic (exact) mass is 376 g/mol. The van der Waals surface area contributed by atoms with Crippen molar-refractivity contribution in [3.8, 4) is 5.69 Å². The maximum Gasteiger partial charge on any atom is 0.360 e. The molecule has 1 N–H and O–H groups in total. The van der Waals surface area contributed by atoms with Gasteiger partial charge in [0, 0.05) is 16.2 Å². The molecule has 1 aromatic carbocycles. The van der Waals surface area contributed by atoms with Gasteiger partial charge in [0.05, 0.1) is 10.0 Å². The highest BCUT2D eigenvalue weighted by molar-refractivity contribution is 9.10. The van der Waals surface area contributed by atoms with Crippen molar-refractivity contribution in [2.45, 2.75) is 6.92 Å². The predicted molar refractivity (Wildman–Crippen MR) is 79.3 cm³/mol. The predicted octanol–water partition coefficient (Wildman–Crippen LogP) is 3.31. The lowest BCUT2D eigenvalue weighted by atomic mass is 10.2. The molecule has 8 heteroatoms. The van der Waals surface area contributed by atoms with Crippen LogP contribution in [0, 0.1) is 6.92 Å². The molecule has 0 fully saturated rings. The second kappa shape index (κ2) is 5.55. The summed E-state index contributed by atoms with van der Waals surface area (Å²) < 4.78 is 1.87. The van der Waals surface area contributed by atoms with E-state index in [2.05, 4.69) is 21.0 Å². The van der Waals surface area contributed by atoms with Gasteiger partial charge >= 0.3 is 5.97 Å². The average molecular weight is 378 g/mol. The van der Waals surface area contributed by atoms with Crippen LogP contribution in [0.1, 0.15) is 16.1 Å². The molecule has 2 rings (SSSR count). The van der Waals surface area contributed by atoms with Crippen molar-refractivity contribution in [3.63, 3.8) is 0 Å². The number of carboxylic acid groups (broad SMARTS) is 1. The van der Waals surface area contributed by atoms with Crippen LogP contribution < -0.4 is 5.43 Å². The highest BCUT2D eigenvalue weighted by atomic mass is 79.9. The molecular weight excluding hydrogens is 371 g/mol. The summed E-state index contributed by atoms with van der Waals surface area (Å²) in [5.74, 6) is -1.41. The van der Waals surface area contributed by atoms with Gasteiger partial charge < -0.3 is 5.11 Å². The number of aromatic carboxylic acids is 1. The van der Waals surface area contributed by atoms with Crippen LogP contribution in [-0.2, 0) is 0 Å². The number of hydrogen-bond acceptors (Lipinski definition) is 3. The summed E-state index contributed by atoms with van der Waals surface area (Å²) in [4.78, 5) is 22.7. The van der Waals surface area contributed by atoms with E-state index in [0.717, 1.165) is 0 Å². The lowest BCUT2D eigenvalue weighted by Gasteiger charge is -2.11. The van der Waals surface area contributed by atoms with Crippen LogP contribution in [0.5, 0.6) is 0 Å². The largest absolute Gasteiger partial charge is 0.476 e. The smallest absolute Gasteiger partial charge is 0.360 e. The summed E-state index contributed by atoms with van der Waals surface area (Å²) in [5.41, 5.74) is -0.687. The van der Waals surface area contributed by atoms with Crippen LogP contribution in [-0.4, -0.2) is 20.9 Å². The first-order valence-electron chi connectivity index (χ1n) is 5.30. The van der Waals surface area contributed by atoms with E-state index < -0.39 is 17.1 Å². The maximum absolute atomic E-state index is 11.7. The molecular formula is C12H7BrCl2N2O3. The fourth-order valence-corrected chi connectivity index (χ4v) is 3.00. The maximum atomic E-state index is 11.7. The SMILES string of the molecule is Cc1cn(-c2c(Cl)cc(Br)cc2Cl)nc(C(=O)O)c1=O. The van der Waals surface area contributed by atoms with Crippen molar-refractivity contribution in [2.24, 2.45) is 0 Å². The molecule has 0 aliphatic carbocycles. The number of carbonyl (C=O) groups is 1. The number of halogens is 3. The third-order valence-electron chi connectivity index (χ3n) is 2.51. The third-order valence-corrected chi connectivity index (χ3v) is 3.54. The van der Waals surface area contributed by atoms with Crippen molar-refractivity contribution in [1.82, 2.24) is 9.78 Å². The highest BCUT2D eigenvalue weighted by Gasteiger charge is 2.17. The van der Waals surface area contributed by atoms with Crippen LogP contribution in [0.15, 0.2) is 27.6 Å². The zero-order valence-corrected chi connectivity index (χ0v) is 13.1. The Morgan fingerprint density at radius 2 is 1.90 bits per heavy atom. The van der Waals surface area contributed by atoms with E-state index >= 15 is 0 Å². The number of rotatable bonds is 2. The topological polar surface area (TPSA) is 72.2 Å². The number of nitrogens with zero attached hydrogens (tertiary/aromatic N) is 2. The molecule has 2 aromatic rings. The molecule has 0 unspecified atom stereocenters. The lowest BCUT2D eigenvalue weighted by Crippen LogP contribution is -2.23. The standard InChI is InChI=1S/C12H7BrCl2N2O3/c1-5-4-17(16-9(11(5)18)12(19)20)10-7(14)2-6(13)3-8(10)15/h2-4H,1H3,(H,19,20). The zero-order chi connectivity index (χ0) is 15.0. The molecule has 5 nitrogen and oxygen atoms in total. The van der Waals surface area contributed by atoms with Gasteiger partial charge in [0.2, 0.25) is 11.1 Å². The molecule has 20 heavy (non-hydrogen) atoms. The minimum absolute atomic E-state index is 0.229. The number of aromatic nitrogens is 2. The van der Waals surface area contributed by atoms with Crippen molar-refractivity contribution >= 4 is 45.1 Å².